The Kier molecular flexibility index (Phi) is 5.97. The van der Waals surface area contributed by atoms with Gasteiger partial charge in [-0.05, 0) is 58.9 Å². The Balaban J connectivity index is 2.73. The maximum Gasteiger partial charge on any atom is 0.216 e. The SMILES string of the molecule is CC(C)(C)c1cc(/C=C(\C#N)S(=O)(=O)c2ccc(F)cc2)cc(C(C)(C)C)c1O. The third-order valence-corrected chi connectivity index (χ3v) is 6.25. The number of hydrogen-bond donors (Lipinski definition) is 1. The number of nitrogens with zero attached hydrogens (tertiary/aromatic N) is 1. The van der Waals surface area contributed by atoms with E-state index in [4.69, 9.17) is 0 Å². The molecule has 1 N–H and O–H groups in total. The average molecular weight is 416 g/mol. The van der Waals surface area contributed by atoms with Crippen LogP contribution in [0.15, 0.2) is 46.2 Å². The number of phenols is 1. The van der Waals surface area contributed by atoms with Crippen LogP contribution in [0.25, 0.3) is 6.08 Å². The molecule has 29 heavy (non-hydrogen) atoms. The summed E-state index contributed by atoms with van der Waals surface area (Å²) in [7, 11) is -4.10. The summed E-state index contributed by atoms with van der Waals surface area (Å²) >= 11 is 0. The standard InChI is InChI=1S/C23H26FNO3S/c1-22(2,3)19-12-15(13-20(21(19)26)23(4,5)6)11-18(14-25)29(27,28)17-9-7-16(24)8-10-17/h7-13,26H,1-6H3/b18-11+. The van der Waals surface area contributed by atoms with Crippen molar-refractivity contribution in [3.63, 3.8) is 0 Å². The van der Waals surface area contributed by atoms with Crippen LogP contribution < -0.4 is 0 Å². The molecule has 2 rings (SSSR count). The zero-order valence-corrected chi connectivity index (χ0v) is 18.4. The smallest absolute Gasteiger partial charge is 0.216 e. The maximum atomic E-state index is 13.2. The average Bonchev–Trinajstić information content (AvgIpc) is 2.58. The first-order valence-corrected chi connectivity index (χ1v) is 10.7. The number of sulfone groups is 1. The Morgan fingerprint density at radius 1 is 1.00 bits per heavy atom. The largest absolute Gasteiger partial charge is 0.507 e. The Morgan fingerprint density at radius 3 is 1.83 bits per heavy atom. The van der Waals surface area contributed by atoms with Gasteiger partial charge in [0.25, 0.3) is 0 Å². The molecule has 6 heteroatoms. The number of halogens is 1. The van der Waals surface area contributed by atoms with E-state index in [0.29, 0.717) is 16.7 Å². The molecule has 0 aliphatic heterocycles. The molecule has 0 bridgehead atoms. The van der Waals surface area contributed by atoms with Crippen molar-refractivity contribution in [2.75, 3.05) is 0 Å². The van der Waals surface area contributed by atoms with Crippen LogP contribution in [0.1, 0.15) is 58.2 Å². The van der Waals surface area contributed by atoms with Crippen molar-refractivity contribution in [1.29, 1.82) is 5.26 Å². The first-order valence-electron chi connectivity index (χ1n) is 9.18. The van der Waals surface area contributed by atoms with Crippen LogP contribution in [0.2, 0.25) is 0 Å². The van der Waals surface area contributed by atoms with Crippen LogP contribution >= 0.6 is 0 Å². The molecule has 0 atom stereocenters. The summed E-state index contributed by atoms with van der Waals surface area (Å²) in [6.07, 6.45) is 1.29. The van der Waals surface area contributed by atoms with Crippen LogP contribution in [0.3, 0.4) is 0 Å². The van der Waals surface area contributed by atoms with E-state index in [1.165, 1.54) is 6.08 Å². The van der Waals surface area contributed by atoms with Crippen molar-refractivity contribution in [1.82, 2.24) is 0 Å². The lowest BCUT2D eigenvalue weighted by Crippen LogP contribution is -2.17. The van der Waals surface area contributed by atoms with E-state index in [-0.39, 0.29) is 10.6 Å². The summed E-state index contributed by atoms with van der Waals surface area (Å²) in [5.74, 6) is -0.392. The normalized spacial score (nSPS) is 13.2. The van der Waals surface area contributed by atoms with Gasteiger partial charge in [-0.15, -0.1) is 0 Å². The van der Waals surface area contributed by atoms with Crippen molar-refractivity contribution in [2.24, 2.45) is 0 Å². The molecule has 0 radical (unpaired) electrons. The lowest BCUT2D eigenvalue weighted by Gasteiger charge is -2.28. The zero-order valence-electron chi connectivity index (χ0n) is 17.5. The summed E-state index contributed by atoms with van der Waals surface area (Å²) in [6, 6.07) is 9.49. The Bertz CT molecular complexity index is 1060. The van der Waals surface area contributed by atoms with E-state index in [2.05, 4.69) is 0 Å². The number of phenolic OH excluding ortho intramolecular Hbond substituents is 1. The van der Waals surface area contributed by atoms with E-state index >= 15 is 0 Å². The van der Waals surface area contributed by atoms with E-state index in [9.17, 15) is 23.2 Å². The van der Waals surface area contributed by atoms with Gasteiger partial charge in [-0.1, -0.05) is 41.5 Å². The fraction of sp³-hybridized carbons (Fsp3) is 0.348. The summed E-state index contributed by atoms with van der Waals surface area (Å²) in [5.41, 5.74) is 1.04. The summed E-state index contributed by atoms with van der Waals surface area (Å²) in [4.78, 5) is -0.605. The van der Waals surface area contributed by atoms with Crippen molar-refractivity contribution >= 4 is 15.9 Å². The second-order valence-corrected chi connectivity index (χ2v) is 11.0. The van der Waals surface area contributed by atoms with Crippen molar-refractivity contribution < 1.29 is 17.9 Å². The summed E-state index contributed by atoms with van der Waals surface area (Å²) < 4.78 is 38.9. The van der Waals surface area contributed by atoms with Crippen LogP contribution in [-0.2, 0) is 20.7 Å². The zero-order chi connectivity index (χ0) is 22.2. The van der Waals surface area contributed by atoms with Gasteiger partial charge in [0.05, 0.1) is 4.90 Å². The molecule has 0 unspecified atom stereocenters. The lowest BCUT2D eigenvalue weighted by molar-refractivity contribution is 0.423. The molecule has 0 aromatic heterocycles. The van der Waals surface area contributed by atoms with Crippen molar-refractivity contribution in [3.05, 3.63) is 63.8 Å². The molecular formula is C23H26FNO3S. The molecule has 0 aliphatic rings. The molecular weight excluding hydrogens is 389 g/mol. The maximum absolute atomic E-state index is 13.2. The van der Waals surface area contributed by atoms with E-state index in [1.807, 2.05) is 41.5 Å². The van der Waals surface area contributed by atoms with E-state index in [1.54, 1.807) is 18.2 Å². The number of allylic oxidation sites excluding steroid dienone is 1. The molecule has 0 fully saturated rings. The van der Waals surface area contributed by atoms with Gasteiger partial charge in [0.1, 0.15) is 22.5 Å². The first kappa shape index (κ1) is 22.6. The molecule has 0 spiro atoms. The van der Waals surface area contributed by atoms with E-state index in [0.717, 1.165) is 24.3 Å². The highest BCUT2D eigenvalue weighted by molar-refractivity contribution is 7.95. The highest BCUT2D eigenvalue weighted by Crippen LogP contribution is 2.40. The Labute approximate surface area is 172 Å². The predicted octanol–water partition coefficient (Wildman–Crippen LogP) is 5.46. The molecule has 0 amide bonds. The molecule has 0 heterocycles. The predicted molar refractivity (Wildman–Crippen MR) is 113 cm³/mol. The number of rotatable bonds is 3. The third kappa shape index (κ3) is 4.86. The van der Waals surface area contributed by atoms with E-state index < -0.39 is 31.4 Å². The highest BCUT2D eigenvalue weighted by atomic mass is 32.2. The molecule has 0 aliphatic carbocycles. The third-order valence-electron chi connectivity index (χ3n) is 4.57. The van der Waals surface area contributed by atoms with Gasteiger partial charge < -0.3 is 5.11 Å². The molecule has 4 nitrogen and oxygen atoms in total. The quantitative estimate of drug-likeness (QED) is 0.533. The minimum atomic E-state index is -4.10. The second-order valence-electron chi connectivity index (χ2n) is 9.04. The number of hydrogen-bond acceptors (Lipinski definition) is 4. The Morgan fingerprint density at radius 2 is 1.45 bits per heavy atom. The highest BCUT2D eigenvalue weighted by Gasteiger charge is 2.27. The molecule has 2 aromatic carbocycles. The summed E-state index contributed by atoms with van der Waals surface area (Å²) in [5, 5.41) is 20.3. The molecule has 2 aromatic rings. The van der Waals surface area contributed by atoms with Crippen molar-refractivity contribution in [2.45, 2.75) is 57.3 Å². The lowest BCUT2D eigenvalue weighted by atomic mass is 9.78. The fourth-order valence-electron chi connectivity index (χ4n) is 2.95. The van der Waals surface area contributed by atoms with Crippen LogP contribution in [-0.4, -0.2) is 13.5 Å². The molecule has 0 saturated carbocycles. The minimum Gasteiger partial charge on any atom is -0.507 e. The van der Waals surface area contributed by atoms with Gasteiger partial charge >= 0.3 is 0 Å². The number of nitriles is 1. The second kappa shape index (κ2) is 7.64. The first-order chi connectivity index (χ1) is 13.2. The molecule has 0 saturated heterocycles. The van der Waals surface area contributed by atoms with Gasteiger partial charge in [-0.2, -0.15) is 5.26 Å². The van der Waals surface area contributed by atoms with Gasteiger partial charge in [0.15, 0.2) is 0 Å². The van der Waals surface area contributed by atoms with Crippen LogP contribution in [0.4, 0.5) is 4.39 Å². The topological polar surface area (TPSA) is 78.2 Å². The van der Waals surface area contributed by atoms with Gasteiger partial charge in [0.2, 0.25) is 9.84 Å². The number of benzene rings is 2. The molecule has 154 valence electrons. The van der Waals surface area contributed by atoms with Gasteiger partial charge in [0, 0.05) is 11.1 Å². The minimum absolute atomic E-state index is 0.155. The van der Waals surface area contributed by atoms with Gasteiger partial charge in [-0.3, -0.25) is 0 Å². The monoisotopic (exact) mass is 415 g/mol. The fourth-order valence-corrected chi connectivity index (χ4v) is 4.11. The van der Waals surface area contributed by atoms with Crippen LogP contribution in [0.5, 0.6) is 5.75 Å². The van der Waals surface area contributed by atoms with Crippen LogP contribution in [0, 0.1) is 17.1 Å². The number of aromatic hydroxyl groups is 1. The Hall–Kier alpha value is -2.65. The summed E-state index contributed by atoms with van der Waals surface area (Å²) in [6.45, 7) is 11.7. The van der Waals surface area contributed by atoms with Crippen molar-refractivity contribution in [3.8, 4) is 11.8 Å². The van der Waals surface area contributed by atoms with Gasteiger partial charge in [-0.25, -0.2) is 12.8 Å².